The minimum atomic E-state index is -0.411. The van der Waals surface area contributed by atoms with Crippen molar-refractivity contribution in [3.05, 3.63) is 48.0 Å². The maximum atomic E-state index is 10.3. The fourth-order valence-electron chi connectivity index (χ4n) is 2.34. The Kier molecular flexibility index (Phi) is 4.94. The average Bonchev–Trinajstić information content (AvgIpc) is 2.44. The molecule has 1 unspecified atom stereocenters. The van der Waals surface area contributed by atoms with Crippen LogP contribution in [0.4, 0.5) is 0 Å². The van der Waals surface area contributed by atoms with Gasteiger partial charge in [0.15, 0.2) is 0 Å². The summed E-state index contributed by atoms with van der Waals surface area (Å²) in [4.78, 5) is 2.20. The van der Waals surface area contributed by atoms with Crippen LogP contribution in [0.3, 0.4) is 0 Å². The van der Waals surface area contributed by atoms with E-state index in [0.717, 1.165) is 12.1 Å². The molecule has 0 radical (unpaired) electrons. The molecule has 0 amide bonds. The molecule has 2 nitrogen and oxygen atoms in total. The van der Waals surface area contributed by atoms with Crippen LogP contribution < -0.4 is 0 Å². The number of likely N-dealkylation sites (N-methyl/N-ethyl adjacent to an activating group) is 1. The third-order valence-corrected chi connectivity index (χ3v) is 3.54. The number of aliphatic hydroxyl groups excluding tert-OH is 1. The SMILES string of the molecule is CCCCN(C)CC(O)c1ccc2ccccc2c1. The van der Waals surface area contributed by atoms with Gasteiger partial charge in [0.25, 0.3) is 0 Å². The van der Waals surface area contributed by atoms with Crippen LogP contribution in [0.2, 0.25) is 0 Å². The van der Waals surface area contributed by atoms with Crippen molar-refractivity contribution in [2.24, 2.45) is 0 Å². The van der Waals surface area contributed by atoms with Gasteiger partial charge in [-0.1, -0.05) is 49.7 Å². The first-order valence-corrected chi connectivity index (χ1v) is 7.06. The van der Waals surface area contributed by atoms with Crippen LogP contribution >= 0.6 is 0 Å². The van der Waals surface area contributed by atoms with E-state index in [0.29, 0.717) is 6.54 Å². The Balaban J connectivity index is 2.06. The van der Waals surface area contributed by atoms with Crippen LogP contribution in [-0.2, 0) is 0 Å². The van der Waals surface area contributed by atoms with Gasteiger partial charge in [-0.05, 0) is 42.4 Å². The monoisotopic (exact) mass is 257 g/mol. The Morgan fingerprint density at radius 3 is 2.58 bits per heavy atom. The van der Waals surface area contributed by atoms with Crippen molar-refractivity contribution in [2.45, 2.75) is 25.9 Å². The fourth-order valence-corrected chi connectivity index (χ4v) is 2.34. The number of hydrogen-bond acceptors (Lipinski definition) is 2. The van der Waals surface area contributed by atoms with Crippen LogP contribution in [0.25, 0.3) is 10.8 Å². The van der Waals surface area contributed by atoms with E-state index < -0.39 is 6.10 Å². The predicted molar refractivity (Wildman–Crippen MR) is 81.3 cm³/mol. The molecule has 2 rings (SSSR count). The summed E-state index contributed by atoms with van der Waals surface area (Å²) >= 11 is 0. The molecule has 0 saturated carbocycles. The highest BCUT2D eigenvalue weighted by atomic mass is 16.3. The number of rotatable bonds is 6. The maximum absolute atomic E-state index is 10.3. The molecule has 102 valence electrons. The highest BCUT2D eigenvalue weighted by molar-refractivity contribution is 5.83. The van der Waals surface area contributed by atoms with Gasteiger partial charge in [-0.3, -0.25) is 0 Å². The zero-order chi connectivity index (χ0) is 13.7. The number of fused-ring (bicyclic) bond motifs is 1. The van der Waals surface area contributed by atoms with Gasteiger partial charge in [0.05, 0.1) is 6.10 Å². The summed E-state index contributed by atoms with van der Waals surface area (Å²) in [5.74, 6) is 0. The molecule has 0 fully saturated rings. The van der Waals surface area contributed by atoms with Gasteiger partial charge in [0.1, 0.15) is 0 Å². The van der Waals surface area contributed by atoms with E-state index in [1.165, 1.54) is 23.6 Å². The number of aliphatic hydroxyl groups is 1. The topological polar surface area (TPSA) is 23.5 Å². The number of benzene rings is 2. The van der Waals surface area contributed by atoms with Gasteiger partial charge in [-0.15, -0.1) is 0 Å². The van der Waals surface area contributed by atoms with E-state index in [-0.39, 0.29) is 0 Å². The lowest BCUT2D eigenvalue weighted by atomic mass is 10.0. The molecule has 2 heteroatoms. The highest BCUT2D eigenvalue weighted by Crippen LogP contribution is 2.20. The van der Waals surface area contributed by atoms with Crippen molar-refractivity contribution >= 4 is 10.8 Å². The third-order valence-electron chi connectivity index (χ3n) is 3.54. The first kappa shape index (κ1) is 14.0. The van der Waals surface area contributed by atoms with Gasteiger partial charge in [0.2, 0.25) is 0 Å². The number of hydrogen-bond donors (Lipinski definition) is 1. The van der Waals surface area contributed by atoms with E-state index >= 15 is 0 Å². The Morgan fingerprint density at radius 1 is 1.11 bits per heavy atom. The standard InChI is InChI=1S/C17H23NO/c1-3-4-11-18(2)13-17(19)16-10-9-14-7-5-6-8-15(14)12-16/h5-10,12,17,19H,3-4,11,13H2,1-2H3. The second-order valence-corrected chi connectivity index (χ2v) is 5.24. The molecule has 2 aromatic rings. The molecule has 1 N–H and O–H groups in total. The van der Waals surface area contributed by atoms with Crippen LogP contribution in [0, 0.1) is 0 Å². The van der Waals surface area contributed by atoms with Crippen LogP contribution in [0.1, 0.15) is 31.4 Å². The van der Waals surface area contributed by atoms with Crippen LogP contribution in [0.15, 0.2) is 42.5 Å². The summed E-state index contributed by atoms with van der Waals surface area (Å²) in [6.45, 7) is 3.92. The second-order valence-electron chi connectivity index (χ2n) is 5.24. The molecule has 0 bridgehead atoms. The molecular formula is C17H23NO. The summed E-state index contributed by atoms with van der Waals surface area (Å²) in [6.07, 6.45) is 1.96. The van der Waals surface area contributed by atoms with E-state index in [2.05, 4.69) is 43.1 Å². The number of nitrogens with zero attached hydrogens (tertiary/aromatic N) is 1. The number of unbranched alkanes of at least 4 members (excludes halogenated alkanes) is 1. The first-order valence-electron chi connectivity index (χ1n) is 7.06. The van der Waals surface area contributed by atoms with Gasteiger partial charge in [0, 0.05) is 6.54 Å². The van der Waals surface area contributed by atoms with Gasteiger partial charge < -0.3 is 10.0 Å². The minimum Gasteiger partial charge on any atom is -0.387 e. The third kappa shape index (κ3) is 3.79. The lowest BCUT2D eigenvalue weighted by Crippen LogP contribution is -2.25. The largest absolute Gasteiger partial charge is 0.387 e. The summed E-state index contributed by atoms with van der Waals surface area (Å²) < 4.78 is 0. The molecule has 0 aliphatic carbocycles. The lowest BCUT2D eigenvalue weighted by molar-refractivity contribution is 0.126. The highest BCUT2D eigenvalue weighted by Gasteiger charge is 2.10. The average molecular weight is 257 g/mol. The Hall–Kier alpha value is -1.38. The Bertz CT molecular complexity index is 523. The molecule has 0 heterocycles. The summed E-state index contributed by atoms with van der Waals surface area (Å²) in [5, 5.41) is 12.7. The summed E-state index contributed by atoms with van der Waals surface area (Å²) in [5.41, 5.74) is 1.00. The van der Waals surface area contributed by atoms with Crippen molar-refractivity contribution < 1.29 is 5.11 Å². The molecule has 0 aliphatic heterocycles. The molecular weight excluding hydrogens is 234 g/mol. The quantitative estimate of drug-likeness (QED) is 0.854. The Labute approximate surface area is 115 Å². The van der Waals surface area contributed by atoms with Gasteiger partial charge >= 0.3 is 0 Å². The lowest BCUT2D eigenvalue weighted by Gasteiger charge is -2.20. The van der Waals surface area contributed by atoms with Crippen molar-refractivity contribution in [1.82, 2.24) is 4.90 Å². The van der Waals surface area contributed by atoms with Gasteiger partial charge in [-0.25, -0.2) is 0 Å². The van der Waals surface area contributed by atoms with Crippen molar-refractivity contribution in [3.63, 3.8) is 0 Å². The van der Waals surface area contributed by atoms with Crippen molar-refractivity contribution in [3.8, 4) is 0 Å². The van der Waals surface area contributed by atoms with Crippen LogP contribution in [-0.4, -0.2) is 30.1 Å². The van der Waals surface area contributed by atoms with E-state index in [4.69, 9.17) is 0 Å². The second kappa shape index (κ2) is 6.69. The van der Waals surface area contributed by atoms with Crippen LogP contribution in [0.5, 0.6) is 0 Å². The smallest absolute Gasteiger partial charge is 0.0917 e. The molecule has 2 aromatic carbocycles. The molecule has 19 heavy (non-hydrogen) atoms. The molecule has 0 aliphatic rings. The zero-order valence-electron chi connectivity index (χ0n) is 11.8. The van der Waals surface area contributed by atoms with Gasteiger partial charge in [-0.2, -0.15) is 0 Å². The summed E-state index contributed by atoms with van der Waals surface area (Å²) in [7, 11) is 2.07. The zero-order valence-corrected chi connectivity index (χ0v) is 11.8. The van der Waals surface area contributed by atoms with Crippen molar-refractivity contribution in [2.75, 3.05) is 20.1 Å². The summed E-state index contributed by atoms with van der Waals surface area (Å²) in [6, 6.07) is 14.5. The van der Waals surface area contributed by atoms with E-state index in [9.17, 15) is 5.11 Å². The van der Waals surface area contributed by atoms with E-state index in [1.807, 2.05) is 18.2 Å². The normalized spacial score (nSPS) is 13.1. The molecule has 0 aromatic heterocycles. The van der Waals surface area contributed by atoms with E-state index in [1.54, 1.807) is 0 Å². The molecule has 0 spiro atoms. The fraction of sp³-hybridized carbons (Fsp3) is 0.412. The molecule has 1 atom stereocenters. The molecule has 0 saturated heterocycles. The Morgan fingerprint density at radius 2 is 1.84 bits per heavy atom. The maximum Gasteiger partial charge on any atom is 0.0917 e. The van der Waals surface area contributed by atoms with Crippen molar-refractivity contribution in [1.29, 1.82) is 0 Å². The predicted octanol–water partition coefficient (Wildman–Crippen LogP) is 3.61. The first-order chi connectivity index (χ1) is 9.20. The minimum absolute atomic E-state index is 0.411.